The molecule has 4 atom stereocenters. The monoisotopic (exact) mass is 388 g/mol. The van der Waals surface area contributed by atoms with Crippen LogP contribution in [0, 0.1) is 17.3 Å². The van der Waals surface area contributed by atoms with Crippen LogP contribution in [0.25, 0.3) is 6.08 Å². The molecule has 1 aliphatic carbocycles. The van der Waals surface area contributed by atoms with E-state index in [2.05, 4.69) is 31.4 Å². The summed E-state index contributed by atoms with van der Waals surface area (Å²) in [7, 11) is 0. The molecule has 0 radical (unpaired) electrons. The lowest BCUT2D eigenvalue weighted by Crippen LogP contribution is -2.57. The third kappa shape index (κ3) is 4.92. The quantitative estimate of drug-likeness (QED) is 0.763. The van der Waals surface area contributed by atoms with Gasteiger partial charge >= 0.3 is 0 Å². The predicted molar refractivity (Wildman–Crippen MR) is 109 cm³/mol. The van der Waals surface area contributed by atoms with Gasteiger partial charge in [0.1, 0.15) is 0 Å². The van der Waals surface area contributed by atoms with Crippen LogP contribution in [0.3, 0.4) is 0 Å². The van der Waals surface area contributed by atoms with Crippen molar-refractivity contribution in [2.45, 2.75) is 58.5 Å². The topological polar surface area (TPSA) is 58.2 Å². The average Bonchev–Trinajstić information content (AvgIpc) is 2.59. The summed E-state index contributed by atoms with van der Waals surface area (Å²) >= 11 is 6.12. The third-order valence-corrected chi connectivity index (χ3v) is 6.29. The largest absolute Gasteiger partial charge is 0.353 e. The highest BCUT2D eigenvalue weighted by atomic mass is 35.5. The van der Waals surface area contributed by atoms with Crippen molar-refractivity contribution < 1.29 is 9.59 Å². The van der Waals surface area contributed by atoms with Crippen molar-refractivity contribution in [1.82, 2.24) is 10.6 Å². The normalized spacial score (nSPS) is 28.5. The molecule has 1 aromatic rings. The van der Waals surface area contributed by atoms with E-state index in [4.69, 9.17) is 11.6 Å². The smallest absolute Gasteiger partial charge is 0.244 e. The molecule has 3 rings (SSSR count). The first-order chi connectivity index (χ1) is 12.7. The lowest BCUT2D eigenvalue weighted by atomic mass is 9.62. The fourth-order valence-electron chi connectivity index (χ4n) is 4.56. The molecule has 1 aromatic carbocycles. The van der Waals surface area contributed by atoms with Crippen molar-refractivity contribution in [3.8, 4) is 0 Å². The van der Waals surface area contributed by atoms with E-state index in [0.717, 1.165) is 24.8 Å². The fraction of sp³-hybridized carbons (Fsp3) is 0.545. The minimum atomic E-state index is -0.118. The van der Waals surface area contributed by atoms with E-state index in [1.807, 2.05) is 18.2 Å². The summed E-state index contributed by atoms with van der Waals surface area (Å²) in [4.78, 5) is 24.5. The number of benzene rings is 1. The second-order valence-corrected chi connectivity index (χ2v) is 9.30. The second kappa shape index (κ2) is 8.05. The lowest BCUT2D eigenvalue weighted by molar-refractivity contribution is -0.130. The molecule has 1 saturated heterocycles. The first-order valence-electron chi connectivity index (χ1n) is 9.76. The van der Waals surface area contributed by atoms with Crippen LogP contribution in [0.1, 0.15) is 52.0 Å². The maximum atomic E-state index is 12.3. The highest BCUT2D eigenvalue weighted by Gasteiger charge is 2.44. The molecule has 27 heavy (non-hydrogen) atoms. The Bertz CT molecular complexity index is 738. The maximum Gasteiger partial charge on any atom is 0.244 e. The summed E-state index contributed by atoms with van der Waals surface area (Å²) in [5, 5.41) is 6.88. The number of hydrogen-bond acceptors (Lipinski definition) is 2. The van der Waals surface area contributed by atoms with Gasteiger partial charge in [-0.05, 0) is 54.2 Å². The highest BCUT2D eigenvalue weighted by molar-refractivity contribution is 6.32. The van der Waals surface area contributed by atoms with Gasteiger partial charge in [0.2, 0.25) is 11.8 Å². The van der Waals surface area contributed by atoms with Gasteiger partial charge in [-0.2, -0.15) is 0 Å². The highest BCUT2D eigenvalue weighted by Crippen LogP contribution is 2.44. The van der Waals surface area contributed by atoms with Crippen molar-refractivity contribution in [2.75, 3.05) is 0 Å². The number of carbonyl (C=O) groups excluding carboxylic acids is 2. The van der Waals surface area contributed by atoms with E-state index in [-0.39, 0.29) is 29.3 Å². The summed E-state index contributed by atoms with van der Waals surface area (Å²) in [6.07, 6.45) is 6.67. The molecule has 0 aromatic heterocycles. The van der Waals surface area contributed by atoms with Crippen LogP contribution < -0.4 is 10.6 Å². The standard InChI is InChI=1S/C22H29ClN2O2/c1-22(2,3)17-13-21(27)25-19-12-15(9-10-16(17)19)24-20(26)11-8-14-6-4-5-7-18(14)23/h4-8,11,15-17,19H,9-10,12-13H2,1-3H3,(H,24,26)(H,25,27)/b11-8+. The van der Waals surface area contributed by atoms with Gasteiger partial charge < -0.3 is 10.6 Å². The number of halogens is 1. The van der Waals surface area contributed by atoms with Gasteiger partial charge in [0.25, 0.3) is 0 Å². The second-order valence-electron chi connectivity index (χ2n) is 8.89. The van der Waals surface area contributed by atoms with Crippen molar-refractivity contribution in [3.63, 3.8) is 0 Å². The molecule has 2 N–H and O–H groups in total. The molecule has 1 saturated carbocycles. The SMILES string of the molecule is CC(C)(C)C1CC(=O)NC2CC(NC(=O)/C=C/c3ccccc3Cl)CCC21. The van der Waals surface area contributed by atoms with Crippen molar-refractivity contribution in [3.05, 3.63) is 40.9 Å². The Morgan fingerprint density at radius 1 is 1.26 bits per heavy atom. The van der Waals surface area contributed by atoms with E-state index >= 15 is 0 Å². The Kier molecular flexibility index (Phi) is 5.95. The third-order valence-electron chi connectivity index (χ3n) is 5.95. The van der Waals surface area contributed by atoms with Crippen LogP contribution in [0.5, 0.6) is 0 Å². The Balaban J connectivity index is 1.60. The van der Waals surface area contributed by atoms with Crippen LogP contribution in [0.15, 0.2) is 30.3 Å². The van der Waals surface area contributed by atoms with E-state index < -0.39 is 0 Å². The zero-order valence-electron chi connectivity index (χ0n) is 16.3. The summed E-state index contributed by atoms with van der Waals surface area (Å²) in [6.45, 7) is 6.67. The van der Waals surface area contributed by atoms with Crippen molar-refractivity contribution in [1.29, 1.82) is 0 Å². The number of fused-ring (bicyclic) bond motifs is 1. The molecule has 1 aliphatic heterocycles. The van der Waals surface area contributed by atoms with Crippen LogP contribution >= 0.6 is 11.6 Å². The first kappa shape index (κ1) is 19.9. The van der Waals surface area contributed by atoms with Gasteiger partial charge in [-0.15, -0.1) is 0 Å². The van der Waals surface area contributed by atoms with E-state index in [1.165, 1.54) is 6.08 Å². The summed E-state index contributed by atoms with van der Waals surface area (Å²) in [6, 6.07) is 7.68. The molecule has 0 bridgehead atoms. The van der Waals surface area contributed by atoms with Gasteiger partial charge in [-0.1, -0.05) is 50.6 Å². The van der Waals surface area contributed by atoms with Gasteiger partial charge in [-0.3, -0.25) is 9.59 Å². The molecule has 5 heteroatoms. The van der Waals surface area contributed by atoms with E-state index in [9.17, 15) is 9.59 Å². The van der Waals surface area contributed by atoms with Crippen molar-refractivity contribution in [2.24, 2.45) is 17.3 Å². The Morgan fingerprint density at radius 2 is 2.00 bits per heavy atom. The molecular weight excluding hydrogens is 360 g/mol. The number of rotatable bonds is 3. The Labute approximate surface area is 166 Å². The fourth-order valence-corrected chi connectivity index (χ4v) is 4.76. The minimum absolute atomic E-state index is 0.0914. The molecule has 1 heterocycles. The average molecular weight is 389 g/mol. The molecule has 146 valence electrons. The molecule has 4 unspecified atom stereocenters. The van der Waals surface area contributed by atoms with Gasteiger partial charge in [-0.25, -0.2) is 0 Å². The number of hydrogen-bond donors (Lipinski definition) is 2. The predicted octanol–water partition coefficient (Wildman–Crippen LogP) is 4.19. The zero-order chi connectivity index (χ0) is 19.6. The number of carbonyl (C=O) groups is 2. The molecule has 4 nitrogen and oxygen atoms in total. The van der Waals surface area contributed by atoms with E-state index in [1.54, 1.807) is 12.1 Å². The molecular formula is C22H29ClN2O2. The Hall–Kier alpha value is -1.81. The minimum Gasteiger partial charge on any atom is -0.353 e. The van der Waals surface area contributed by atoms with Crippen LogP contribution in [-0.4, -0.2) is 23.9 Å². The lowest BCUT2D eigenvalue weighted by Gasteiger charge is -2.48. The van der Waals surface area contributed by atoms with Crippen LogP contribution in [0.2, 0.25) is 5.02 Å². The molecule has 2 aliphatic rings. The molecule has 2 amide bonds. The van der Waals surface area contributed by atoms with Crippen LogP contribution in [-0.2, 0) is 9.59 Å². The number of amides is 2. The number of piperidine rings is 1. The maximum absolute atomic E-state index is 12.3. The summed E-state index contributed by atoms with van der Waals surface area (Å²) in [5.74, 6) is 0.914. The van der Waals surface area contributed by atoms with Gasteiger partial charge in [0.15, 0.2) is 0 Å². The van der Waals surface area contributed by atoms with Gasteiger partial charge in [0, 0.05) is 29.6 Å². The van der Waals surface area contributed by atoms with E-state index in [0.29, 0.717) is 23.3 Å². The molecule has 2 fully saturated rings. The summed E-state index contributed by atoms with van der Waals surface area (Å²) < 4.78 is 0. The summed E-state index contributed by atoms with van der Waals surface area (Å²) in [5.41, 5.74) is 0.944. The Morgan fingerprint density at radius 3 is 2.70 bits per heavy atom. The first-order valence-corrected chi connectivity index (χ1v) is 10.1. The molecule has 0 spiro atoms. The van der Waals surface area contributed by atoms with Crippen molar-refractivity contribution >= 4 is 29.5 Å². The van der Waals surface area contributed by atoms with Crippen LogP contribution in [0.4, 0.5) is 0 Å². The van der Waals surface area contributed by atoms with Gasteiger partial charge in [0.05, 0.1) is 0 Å². The number of nitrogens with one attached hydrogen (secondary N) is 2. The zero-order valence-corrected chi connectivity index (χ0v) is 17.1.